The third-order valence-electron chi connectivity index (χ3n) is 3.11. The molecule has 0 saturated carbocycles. The van der Waals surface area contributed by atoms with E-state index >= 15 is 0 Å². The molecule has 29 heavy (non-hydrogen) atoms. The van der Waals surface area contributed by atoms with Crippen LogP contribution < -0.4 is 0 Å². The van der Waals surface area contributed by atoms with Crippen molar-refractivity contribution in [1.29, 1.82) is 0 Å². The monoisotopic (exact) mass is 468 g/mol. The molecule has 164 valence electrons. The van der Waals surface area contributed by atoms with Crippen molar-refractivity contribution < 1.29 is 9.18 Å². The Morgan fingerprint density at radius 1 is 1.10 bits per heavy atom. The summed E-state index contributed by atoms with van der Waals surface area (Å²) in [7, 11) is 3.45. The zero-order chi connectivity index (χ0) is 22.9. The fourth-order valence-corrected chi connectivity index (χ4v) is 2.08. The normalized spacial score (nSPS) is 10.1. The van der Waals surface area contributed by atoms with Crippen LogP contribution in [-0.2, 0) is 4.79 Å². The Kier molecular flexibility index (Phi) is 28.4. The molecule has 1 rings (SSSR count). The molecule has 0 aliphatic heterocycles. The number of nitrogens with zero attached hydrogens (tertiary/aromatic N) is 2. The first kappa shape index (κ1) is 31.7. The highest BCUT2D eigenvalue weighted by molar-refractivity contribution is 9.09. The van der Waals surface area contributed by atoms with E-state index in [2.05, 4.69) is 27.5 Å². The van der Waals surface area contributed by atoms with Crippen molar-refractivity contribution in [3.05, 3.63) is 78.7 Å². The van der Waals surface area contributed by atoms with Gasteiger partial charge in [0.05, 0.1) is 5.33 Å². The minimum atomic E-state index is -0.396. The zero-order valence-electron chi connectivity index (χ0n) is 18.9. The van der Waals surface area contributed by atoms with E-state index in [1.807, 2.05) is 70.2 Å². The Balaban J connectivity index is -0.000000374. The molecule has 1 amide bonds. The molecule has 1 aromatic rings. The van der Waals surface area contributed by atoms with Gasteiger partial charge in [-0.15, -0.1) is 0 Å². The number of allylic oxidation sites excluding steroid dienone is 7. The zero-order valence-corrected chi connectivity index (χ0v) is 20.5. The average molecular weight is 469 g/mol. The molecule has 1 heterocycles. The van der Waals surface area contributed by atoms with Gasteiger partial charge in [0.25, 0.3) is 0 Å². The number of carbonyl (C=O) groups excluding carboxylic acids is 1. The van der Waals surface area contributed by atoms with E-state index in [1.54, 1.807) is 26.5 Å². The van der Waals surface area contributed by atoms with Crippen LogP contribution in [0.25, 0.3) is 0 Å². The molecule has 0 aliphatic rings. The summed E-state index contributed by atoms with van der Waals surface area (Å²) in [6.45, 7) is 11.5. The molecule has 5 heteroatoms. The summed E-state index contributed by atoms with van der Waals surface area (Å²) in [5.41, 5.74) is 2.27. The first-order chi connectivity index (χ1) is 13.9. The molecule has 0 fully saturated rings. The van der Waals surface area contributed by atoms with Gasteiger partial charge in [0, 0.05) is 26.5 Å². The summed E-state index contributed by atoms with van der Waals surface area (Å²) in [6, 6.07) is 5.72. The molecule has 0 spiro atoms. The second-order valence-electron chi connectivity index (χ2n) is 5.52. The molecule has 0 unspecified atom stereocenters. The number of aromatic nitrogens is 1. The highest BCUT2D eigenvalue weighted by Crippen LogP contribution is 2.12. The lowest BCUT2D eigenvalue weighted by atomic mass is 10.1. The van der Waals surface area contributed by atoms with Crippen molar-refractivity contribution in [3.63, 3.8) is 0 Å². The minimum absolute atomic E-state index is 0.0972. The highest BCUT2D eigenvalue weighted by atomic mass is 79.9. The first-order valence-electron chi connectivity index (χ1n) is 9.72. The first-order valence-corrected chi connectivity index (χ1v) is 10.8. The fraction of sp³-hybridized carbons (Fsp3) is 0.417. The van der Waals surface area contributed by atoms with Crippen LogP contribution in [0.1, 0.15) is 40.5 Å². The second-order valence-corrected chi connectivity index (χ2v) is 6.09. The van der Waals surface area contributed by atoms with Crippen LogP contribution in [0, 0.1) is 0 Å². The Labute approximate surface area is 186 Å². The molecule has 0 aliphatic carbocycles. The van der Waals surface area contributed by atoms with Crippen molar-refractivity contribution in [1.82, 2.24) is 9.88 Å². The van der Waals surface area contributed by atoms with Gasteiger partial charge in [0.15, 0.2) is 0 Å². The molecule has 0 bridgehead atoms. The summed E-state index contributed by atoms with van der Waals surface area (Å²) in [5.74, 6) is 0.0972. The predicted octanol–water partition coefficient (Wildman–Crippen LogP) is 6.95. The quantitative estimate of drug-likeness (QED) is 0.320. The van der Waals surface area contributed by atoms with Gasteiger partial charge in [-0.1, -0.05) is 83.9 Å². The van der Waals surface area contributed by atoms with Gasteiger partial charge in [-0.3, -0.25) is 9.78 Å². The van der Waals surface area contributed by atoms with Crippen LogP contribution in [0.5, 0.6) is 0 Å². The largest absolute Gasteiger partial charge is 0.348 e. The number of hydrogen-bond donors (Lipinski definition) is 0. The van der Waals surface area contributed by atoms with E-state index in [9.17, 15) is 9.18 Å². The van der Waals surface area contributed by atoms with E-state index in [0.29, 0.717) is 5.33 Å². The highest BCUT2D eigenvalue weighted by Gasteiger charge is 1.96. The lowest BCUT2D eigenvalue weighted by molar-refractivity contribution is -0.125. The molecule has 0 saturated heterocycles. The number of rotatable bonds is 7. The number of carbonyl (C=O) groups is 1. The molecule has 0 aromatic carbocycles. The molecule has 1 aromatic heterocycles. The van der Waals surface area contributed by atoms with Crippen molar-refractivity contribution >= 4 is 21.8 Å². The number of alkyl halides is 2. The maximum Gasteiger partial charge on any atom is 0.232 e. The van der Waals surface area contributed by atoms with Crippen molar-refractivity contribution in [2.45, 2.75) is 40.5 Å². The molecular weight excluding hydrogens is 431 g/mol. The van der Waals surface area contributed by atoms with E-state index in [0.717, 1.165) is 24.0 Å². The Morgan fingerprint density at radius 3 is 1.97 bits per heavy atom. The van der Waals surface area contributed by atoms with Crippen molar-refractivity contribution in [2.75, 3.05) is 26.1 Å². The summed E-state index contributed by atoms with van der Waals surface area (Å²) >= 11 is 3.02. The average Bonchev–Trinajstić information content (AvgIpc) is 2.77. The predicted molar refractivity (Wildman–Crippen MR) is 130 cm³/mol. The molecule has 0 N–H and O–H groups in total. The maximum absolute atomic E-state index is 11.9. The van der Waals surface area contributed by atoms with E-state index in [1.165, 1.54) is 11.0 Å². The van der Waals surface area contributed by atoms with Gasteiger partial charge in [-0.05, 0) is 38.8 Å². The Morgan fingerprint density at radius 2 is 1.69 bits per heavy atom. The van der Waals surface area contributed by atoms with Crippen molar-refractivity contribution in [3.8, 4) is 0 Å². The van der Waals surface area contributed by atoms with Crippen LogP contribution >= 0.6 is 15.9 Å². The summed E-state index contributed by atoms with van der Waals surface area (Å²) in [5, 5.41) is 0.417. The number of amides is 1. The summed E-state index contributed by atoms with van der Waals surface area (Å²) in [4.78, 5) is 15.7. The van der Waals surface area contributed by atoms with Gasteiger partial charge in [-0.25, -0.2) is 4.39 Å². The third-order valence-corrected chi connectivity index (χ3v) is 3.59. The van der Waals surface area contributed by atoms with Crippen LogP contribution in [0.2, 0.25) is 0 Å². The SMILES string of the molecule is C=C(/C=C/C)CCC(/C=C\CF)=C/C.CC.CN(C)C(=O)CBr.c1ccncc1. The van der Waals surface area contributed by atoms with E-state index in [4.69, 9.17) is 0 Å². The second kappa shape index (κ2) is 26.0. The van der Waals surface area contributed by atoms with E-state index < -0.39 is 6.67 Å². The fourth-order valence-electron chi connectivity index (χ4n) is 1.58. The molecule has 0 atom stereocenters. The molecular formula is C24H38BrFN2O. The standard InChI is InChI=1S/C13H19F.C5H5N.C4H8BrNO.C2H6/c1-4-7-12(3)9-10-13(5-2)8-6-11-14;1-2-4-6-5-3-1;1-6(2)4(7)3-5;1-2/h4-8H,3,9-11H2,1-2H3;1-5H;3H2,1-2H3;1-2H3/b7-4+,8-6-,13-5+;;;. The van der Waals surface area contributed by atoms with Crippen LogP contribution in [0.4, 0.5) is 4.39 Å². The van der Waals surface area contributed by atoms with Gasteiger partial charge in [0.2, 0.25) is 5.91 Å². The van der Waals surface area contributed by atoms with Crippen LogP contribution in [0.15, 0.2) is 78.7 Å². The number of hydrogen-bond acceptors (Lipinski definition) is 2. The van der Waals surface area contributed by atoms with E-state index in [-0.39, 0.29) is 5.91 Å². The van der Waals surface area contributed by atoms with Crippen LogP contribution in [-0.4, -0.2) is 41.9 Å². The van der Waals surface area contributed by atoms with Crippen LogP contribution in [0.3, 0.4) is 0 Å². The topological polar surface area (TPSA) is 33.2 Å². The lowest BCUT2D eigenvalue weighted by Gasteiger charge is -2.05. The van der Waals surface area contributed by atoms with Gasteiger partial charge < -0.3 is 4.90 Å². The van der Waals surface area contributed by atoms with Gasteiger partial charge in [0.1, 0.15) is 6.67 Å². The lowest BCUT2D eigenvalue weighted by Crippen LogP contribution is -2.22. The number of pyridine rings is 1. The smallest absolute Gasteiger partial charge is 0.232 e. The Hall–Kier alpha value is -2.01. The summed E-state index contributed by atoms with van der Waals surface area (Å²) in [6.07, 6.45) is 14.7. The van der Waals surface area contributed by atoms with Gasteiger partial charge >= 0.3 is 0 Å². The Bertz CT molecular complexity index is 555. The number of halogens is 2. The van der Waals surface area contributed by atoms with Crippen molar-refractivity contribution in [2.24, 2.45) is 0 Å². The maximum atomic E-state index is 11.9. The molecule has 3 nitrogen and oxygen atoms in total. The summed E-state index contributed by atoms with van der Waals surface area (Å²) < 4.78 is 11.9. The minimum Gasteiger partial charge on any atom is -0.348 e. The molecule has 0 radical (unpaired) electrons. The van der Waals surface area contributed by atoms with Gasteiger partial charge in [-0.2, -0.15) is 0 Å². The third kappa shape index (κ3) is 26.0.